The van der Waals surface area contributed by atoms with Crippen LogP contribution in [0.2, 0.25) is 5.02 Å². The van der Waals surface area contributed by atoms with Crippen LogP contribution >= 0.6 is 39.9 Å². The van der Waals surface area contributed by atoms with E-state index in [-0.39, 0.29) is 18.2 Å². The van der Waals surface area contributed by atoms with Crippen LogP contribution < -0.4 is 10.1 Å². The molecule has 0 radical (unpaired) electrons. The van der Waals surface area contributed by atoms with Crippen molar-refractivity contribution in [2.75, 3.05) is 6.54 Å². The molecule has 148 valence electrons. The summed E-state index contributed by atoms with van der Waals surface area (Å²) in [6.07, 6.45) is 0.663. The molecule has 0 atom stereocenters. The first-order chi connectivity index (χ1) is 13.1. The summed E-state index contributed by atoms with van der Waals surface area (Å²) in [6.45, 7) is 1.91. The highest BCUT2D eigenvalue weighted by atomic mass is 79.9. The van der Waals surface area contributed by atoms with E-state index in [2.05, 4.69) is 21.2 Å². The van der Waals surface area contributed by atoms with E-state index in [1.807, 2.05) is 54.6 Å². The number of benzene rings is 3. The van der Waals surface area contributed by atoms with Gasteiger partial charge in [-0.15, -0.1) is 12.4 Å². The second-order valence-corrected chi connectivity index (χ2v) is 7.49. The SMILES string of the molecule is Cl.Fc1ccccc1CCNCc1ccc(OCc2ccc(Cl)cc2)c(Br)c1. The van der Waals surface area contributed by atoms with E-state index in [4.69, 9.17) is 16.3 Å². The highest BCUT2D eigenvalue weighted by Crippen LogP contribution is 2.27. The van der Waals surface area contributed by atoms with Crippen LogP contribution in [0.25, 0.3) is 0 Å². The maximum atomic E-state index is 13.6. The van der Waals surface area contributed by atoms with E-state index in [9.17, 15) is 4.39 Å². The molecule has 1 N–H and O–H groups in total. The molecule has 0 amide bonds. The Morgan fingerprint density at radius 3 is 2.39 bits per heavy atom. The lowest BCUT2D eigenvalue weighted by Crippen LogP contribution is -2.17. The van der Waals surface area contributed by atoms with Crippen LogP contribution in [0.4, 0.5) is 4.39 Å². The van der Waals surface area contributed by atoms with Gasteiger partial charge in [-0.2, -0.15) is 0 Å². The average Bonchev–Trinajstić information content (AvgIpc) is 2.67. The molecule has 0 bridgehead atoms. The van der Waals surface area contributed by atoms with Crippen LogP contribution in [0.3, 0.4) is 0 Å². The van der Waals surface area contributed by atoms with Crippen molar-refractivity contribution in [1.29, 1.82) is 0 Å². The van der Waals surface area contributed by atoms with Crippen molar-refractivity contribution >= 4 is 39.9 Å². The summed E-state index contributed by atoms with van der Waals surface area (Å²) in [4.78, 5) is 0. The van der Waals surface area contributed by atoms with Crippen molar-refractivity contribution in [3.8, 4) is 5.75 Å². The van der Waals surface area contributed by atoms with E-state index in [0.29, 0.717) is 31.1 Å². The summed E-state index contributed by atoms with van der Waals surface area (Å²) in [7, 11) is 0. The molecule has 0 saturated carbocycles. The summed E-state index contributed by atoms with van der Waals surface area (Å²) in [5.41, 5.74) is 2.93. The van der Waals surface area contributed by atoms with Crippen molar-refractivity contribution in [1.82, 2.24) is 5.32 Å². The van der Waals surface area contributed by atoms with Crippen molar-refractivity contribution in [2.45, 2.75) is 19.6 Å². The van der Waals surface area contributed by atoms with E-state index in [1.165, 1.54) is 6.07 Å². The molecule has 2 nitrogen and oxygen atoms in total. The molecule has 3 rings (SSSR count). The molecule has 0 aliphatic heterocycles. The van der Waals surface area contributed by atoms with Gasteiger partial charge in [-0.1, -0.05) is 48.0 Å². The zero-order valence-electron chi connectivity index (χ0n) is 15.1. The third-order valence-corrected chi connectivity index (χ3v) is 5.03. The van der Waals surface area contributed by atoms with E-state index in [0.717, 1.165) is 26.9 Å². The van der Waals surface area contributed by atoms with Crippen LogP contribution in [0.5, 0.6) is 5.75 Å². The molecule has 3 aromatic carbocycles. The Labute approximate surface area is 184 Å². The highest BCUT2D eigenvalue weighted by Gasteiger charge is 2.05. The molecular weight excluding hydrogens is 464 g/mol. The van der Waals surface area contributed by atoms with Crippen molar-refractivity contribution < 1.29 is 9.13 Å². The van der Waals surface area contributed by atoms with Gasteiger partial charge in [0, 0.05) is 11.6 Å². The van der Waals surface area contributed by atoms with Gasteiger partial charge in [0.05, 0.1) is 4.47 Å². The predicted molar refractivity (Wildman–Crippen MR) is 119 cm³/mol. The minimum Gasteiger partial charge on any atom is -0.488 e. The zero-order valence-corrected chi connectivity index (χ0v) is 18.3. The van der Waals surface area contributed by atoms with Crippen molar-refractivity contribution in [3.05, 3.63) is 98.7 Å². The number of halogens is 4. The van der Waals surface area contributed by atoms with Gasteiger partial charge in [-0.25, -0.2) is 4.39 Å². The van der Waals surface area contributed by atoms with Gasteiger partial charge < -0.3 is 10.1 Å². The molecule has 0 unspecified atom stereocenters. The van der Waals surface area contributed by atoms with Gasteiger partial charge in [0.25, 0.3) is 0 Å². The minimum absolute atomic E-state index is 0. The number of nitrogens with one attached hydrogen (secondary N) is 1. The standard InChI is InChI=1S/C22H20BrClFNO.ClH/c23-20-13-17(14-26-12-11-18-3-1-2-4-21(18)25)7-10-22(20)27-15-16-5-8-19(24)9-6-16;/h1-10,13,26H,11-12,14-15H2;1H. The number of rotatable bonds is 8. The number of hydrogen-bond acceptors (Lipinski definition) is 2. The zero-order chi connectivity index (χ0) is 19.1. The molecule has 0 aromatic heterocycles. The van der Waals surface area contributed by atoms with Crippen LogP contribution in [0.1, 0.15) is 16.7 Å². The molecule has 0 saturated heterocycles. The van der Waals surface area contributed by atoms with Gasteiger partial charge in [0.2, 0.25) is 0 Å². The number of hydrogen-bond donors (Lipinski definition) is 1. The normalized spacial score (nSPS) is 10.4. The summed E-state index contributed by atoms with van der Waals surface area (Å²) in [6, 6.07) is 20.5. The van der Waals surface area contributed by atoms with Crippen LogP contribution in [-0.4, -0.2) is 6.54 Å². The largest absolute Gasteiger partial charge is 0.488 e. The Kier molecular flexibility index (Phi) is 9.26. The van der Waals surface area contributed by atoms with Crippen LogP contribution in [0, 0.1) is 5.82 Å². The lowest BCUT2D eigenvalue weighted by Gasteiger charge is -2.11. The van der Waals surface area contributed by atoms with Crippen LogP contribution in [-0.2, 0) is 19.6 Å². The fourth-order valence-corrected chi connectivity index (χ4v) is 3.34. The first kappa shape index (κ1) is 22.7. The average molecular weight is 485 g/mol. The second kappa shape index (κ2) is 11.4. The molecule has 0 fully saturated rings. The molecule has 6 heteroatoms. The molecule has 28 heavy (non-hydrogen) atoms. The quantitative estimate of drug-likeness (QED) is 0.365. The molecule has 0 heterocycles. The fraction of sp³-hybridized carbons (Fsp3) is 0.182. The smallest absolute Gasteiger partial charge is 0.134 e. The van der Waals surface area contributed by atoms with Gasteiger partial charge in [-0.3, -0.25) is 0 Å². The number of ether oxygens (including phenoxy) is 1. The topological polar surface area (TPSA) is 21.3 Å². The third kappa shape index (κ3) is 6.78. The summed E-state index contributed by atoms with van der Waals surface area (Å²) < 4.78 is 20.4. The second-order valence-electron chi connectivity index (χ2n) is 6.20. The van der Waals surface area contributed by atoms with Crippen molar-refractivity contribution in [3.63, 3.8) is 0 Å². The lowest BCUT2D eigenvalue weighted by atomic mass is 10.1. The first-order valence-corrected chi connectivity index (χ1v) is 9.89. The Balaban J connectivity index is 0.00000280. The van der Waals surface area contributed by atoms with E-state index in [1.54, 1.807) is 6.07 Å². The summed E-state index contributed by atoms with van der Waals surface area (Å²) in [5, 5.41) is 4.06. The molecule has 0 aliphatic rings. The van der Waals surface area contributed by atoms with Gasteiger partial charge in [0.15, 0.2) is 0 Å². The molecule has 3 aromatic rings. The van der Waals surface area contributed by atoms with Crippen molar-refractivity contribution in [2.24, 2.45) is 0 Å². The van der Waals surface area contributed by atoms with E-state index < -0.39 is 0 Å². The van der Waals surface area contributed by atoms with Gasteiger partial charge in [-0.05, 0) is 75.9 Å². The van der Waals surface area contributed by atoms with Crippen LogP contribution in [0.15, 0.2) is 71.2 Å². The monoisotopic (exact) mass is 483 g/mol. The maximum Gasteiger partial charge on any atom is 0.134 e. The first-order valence-electron chi connectivity index (χ1n) is 8.71. The van der Waals surface area contributed by atoms with Gasteiger partial charge >= 0.3 is 0 Å². The Morgan fingerprint density at radius 1 is 0.964 bits per heavy atom. The Morgan fingerprint density at radius 2 is 1.68 bits per heavy atom. The van der Waals surface area contributed by atoms with E-state index >= 15 is 0 Å². The highest BCUT2D eigenvalue weighted by molar-refractivity contribution is 9.10. The summed E-state index contributed by atoms with van der Waals surface area (Å²) in [5.74, 6) is 0.643. The molecular formula is C22H21BrCl2FNO. The predicted octanol–water partition coefficient (Wildman–Crippen LogP) is 6.57. The third-order valence-electron chi connectivity index (χ3n) is 4.16. The molecule has 0 aliphatic carbocycles. The lowest BCUT2D eigenvalue weighted by molar-refractivity contribution is 0.304. The molecule has 0 spiro atoms. The maximum absolute atomic E-state index is 13.6. The fourth-order valence-electron chi connectivity index (χ4n) is 2.67. The Hall–Kier alpha value is -1.59. The minimum atomic E-state index is -0.149. The Bertz CT molecular complexity index is 890. The van der Waals surface area contributed by atoms with Gasteiger partial charge in [0.1, 0.15) is 18.2 Å². The summed E-state index contributed by atoms with van der Waals surface area (Å²) >= 11 is 9.46.